The van der Waals surface area contributed by atoms with Crippen molar-refractivity contribution in [3.8, 4) is 5.75 Å². The van der Waals surface area contributed by atoms with Gasteiger partial charge in [0, 0.05) is 0 Å². The van der Waals surface area contributed by atoms with Gasteiger partial charge in [0.05, 0.1) is 5.56 Å². The maximum Gasteiger partial charge on any atom is 0.338 e. The van der Waals surface area contributed by atoms with Crippen molar-refractivity contribution in [2.75, 3.05) is 6.61 Å². The standard InChI is InChI=1S/C43H62O4/c1-3-5-8-12-33-14-18-35(19-15-33)37-22-24-39(25-23-37)41(44)46-32-43(30-10-7-11-31-43)42(45)47-40-28-26-38(27-29-40)36-20-16-34(17-21-36)13-9-6-4-2/h22-29,33-36H,3-21,30-32H2,1-2H3. The molecule has 258 valence electrons. The number of rotatable bonds is 15. The molecular formula is C43H62O4. The van der Waals surface area contributed by atoms with Crippen molar-refractivity contribution in [2.45, 2.75) is 161 Å². The molecule has 0 spiro atoms. The van der Waals surface area contributed by atoms with E-state index in [1.807, 2.05) is 24.3 Å². The van der Waals surface area contributed by atoms with Gasteiger partial charge in [-0.15, -0.1) is 0 Å². The normalized spacial score (nSPS) is 24.4. The first-order valence-corrected chi connectivity index (χ1v) is 19.6. The number of carbonyl (C=O) groups excluding carboxylic acids is 2. The molecule has 3 fully saturated rings. The molecular weight excluding hydrogens is 580 g/mol. The number of carbonyl (C=O) groups is 2. The average Bonchev–Trinajstić information content (AvgIpc) is 3.12. The van der Waals surface area contributed by atoms with Gasteiger partial charge in [-0.1, -0.05) is 109 Å². The van der Waals surface area contributed by atoms with Gasteiger partial charge in [-0.3, -0.25) is 4.79 Å². The van der Waals surface area contributed by atoms with Crippen molar-refractivity contribution in [2.24, 2.45) is 17.3 Å². The summed E-state index contributed by atoms with van der Waals surface area (Å²) in [4.78, 5) is 26.8. The summed E-state index contributed by atoms with van der Waals surface area (Å²) in [5.41, 5.74) is 2.48. The van der Waals surface area contributed by atoms with Crippen LogP contribution in [0, 0.1) is 17.3 Å². The topological polar surface area (TPSA) is 52.6 Å². The molecule has 3 aliphatic rings. The van der Waals surface area contributed by atoms with E-state index in [0.29, 0.717) is 36.0 Å². The predicted octanol–water partition coefficient (Wildman–Crippen LogP) is 12.1. The highest BCUT2D eigenvalue weighted by molar-refractivity contribution is 5.90. The van der Waals surface area contributed by atoms with Gasteiger partial charge in [0.15, 0.2) is 0 Å². The van der Waals surface area contributed by atoms with E-state index in [9.17, 15) is 9.59 Å². The van der Waals surface area contributed by atoms with Crippen molar-refractivity contribution >= 4 is 11.9 Å². The summed E-state index contributed by atoms with van der Waals surface area (Å²) >= 11 is 0. The summed E-state index contributed by atoms with van der Waals surface area (Å²) in [7, 11) is 0. The molecule has 0 saturated heterocycles. The van der Waals surface area contributed by atoms with Crippen LogP contribution in [0.5, 0.6) is 5.75 Å². The first-order chi connectivity index (χ1) is 23.0. The quantitative estimate of drug-likeness (QED) is 0.110. The number of benzene rings is 2. The van der Waals surface area contributed by atoms with Gasteiger partial charge in [-0.25, -0.2) is 4.79 Å². The molecule has 0 aliphatic heterocycles. The highest BCUT2D eigenvalue weighted by atomic mass is 16.6. The second-order valence-electron chi connectivity index (χ2n) is 15.4. The zero-order valence-electron chi connectivity index (χ0n) is 29.6. The van der Waals surface area contributed by atoms with E-state index in [-0.39, 0.29) is 18.5 Å². The third-order valence-corrected chi connectivity index (χ3v) is 12.0. The van der Waals surface area contributed by atoms with Gasteiger partial charge >= 0.3 is 11.9 Å². The molecule has 0 heterocycles. The molecule has 4 nitrogen and oxygen atoms in total. The number of esters is 2. The smallest absolute Gasteiger partial charge is 0.338 e. The molecule has 0 bridgehead atoms. The van der Waals surface area contributed by atoms with Gasteiger partial charge in [-0.05, 0) is 123 Å². The summed E-state index contributed by atoms with van der Waals surface area (Å²) in [6, 6.07) is 16.3. The average molecular weight is 643 g/mol. The van der Waals surface area contributed by atoms with Crippen molar-refractivity contribution in [1.29, 1.82) is 0 Å². The Bertz CT molecular complexity index is 1210. The molecule has 2 aromatic rings. The van der Waals surface area contributed by atoms with Crippen molar-refractivity contribution < 1.29 is 19.1 Å². The largest absolute Gasteiger partial charge is 0.461 e. The monoisotopic (exact) mass is 642 g/mol. The molecule has 2 aromatic carbocycles. The number of ether oxygens (including phenoxy) is 2. The number of hydrogen-bond acceptors (Lipinski definition) is 4. The van der Waals surface area contributed by atoms with E-state index in [4.69, 9.17) is 9.47 Å². The van der Waals surface area contributed by atoms with Crippen LogP contribution in [0.4, 0.5) is 0 Å². The summed E-state index contributed by atoms with van der Waals surface area (Å²) in [6.45, 7) is 4.63. The minimum atomic E-state index is -0.779. The Hall–Kier alpha value is -2.62. The van der Waals surface area contributed by atoms with Crippen LogP contribution in [0.15, 0.2) is 48.5 Å². The van der Waals surface area contributed by atoms with Gasteiger partial charge in [0.1, 0.15) is 17.8 Å². The second-order valence-corrected chi connectivity index (χ2v) is 15.4. The fourth-order valence-electron chi connectivity index (χ4n) is 8.77. The van der Waals surface area contributed by atoms with Crippen LogP contribution in [0.25, 0.3) is 0 Å². The van der Waals surface area contributed by atoms with E-state index < -0.39 is 5.41 Å². The Balaban J connectivity index is 1.10. The van der Waals surface area contributed by atoms with Crippen LogP contribution in [-0.4, -0.2) is 18.5 Å². The van der Waals surface area contributed by atoms with Crippen LogP contribution in [0.3, 0.4) is 0 Å². The third-order valence-electron chi connectivity index (χ3n) is 12.0. The Labute approximate surface area is 285 Å². The van der Waals surface area contributed by atoms with E-state index in [2.05, 4.69) is 38.1 Å². The molecule has 0 unspecified atom stereocenters. The zero-order valence-corrected chi connectivity index (χ0v) is 29.6. The summed E-state index contributed by atoms with van der Waals surface area (Å²) in [5, 5.41) is 0. The lowest BCUT2D eigenvalue weighted by atomic mass is 9.74. The lowest BCUT2D eigenvalue weighted by molar-refractivity contribution is -0.151. The zero-order chi connectivity index (χ0) is 32.9. The molecule has 3 aliphatic carbocycles. The molecule has 0 aromatic heterocycles. The molecule has 47 heavy (non-hydrogen) atoms. The summed E-state index contributed by atoms with van der Waals surface area (Å²) in [6.07, 6.45) is 25.5. The molecule has 0 atom stereocenters. The Morgan fingerprint density at radius 3 is 1.62 bits per heavy atom. The summed E-state index contributed by atoms with van der Waals surface area (Å²) < 4.78 is 11.9. The molecule has 0 N–H and O–H groups in total. The molecule has 0 amide bonds. The van der Waals surface area contributed by atoms with Gasteiger partial charge in [0.2, 0.25) is 0 Å². The Morgan fingerprint density at radius 1 is 0.638 bits per heavy atom. The molecule has 5 rings (SSSR count). The minimum Gasteiger partial charge on any atom is -0.461 e. The number of unbranched alkanes of at least 4 members (excludes halogenated alkanes) is 4. The van der Waals surface area contributed by atoms with Crippen molar-refractivity contribution in [1.82, 2.24) is 0 Å². The first-order valence-electron chi connectivity index (χ1n) is 19.6. The van der Waals surface area contributed by atoms with E-state index in [0.717, 1.165) is 31.1 Å². The van der Waals surface area contributed by atoms with Crippen molar-refractivity contribution in [3.63, 3.8) is 0 Å². The lowest BCUT2D eigenvalue weighted by Crippen LogP contribution is -2.41. The van der Waals surface area contributed by atoms with Crippen LogP contribution in [-0.2, 0) is 9.53 Å². The van der Waals surface area contributed by atoms with Crippen LogP contribution >= 0.6 is 0 Å². The number of hydrogen-bond donors (Lipinski definition) is 0. The first kappa shape index (κ1) is 35.7. The van der Waals surface area contributed by atoms with E-state index in [1.165, 1.54) is 114 Å². The van der Waals surface area contributed by atoms with Crippen molar-refractivity contribution in [3.05, 3.63) is 65.2 Å². The second kappa shape index (κ2) is 18.2. The van der Waals surface area contributed by atoms with Crippen LogP contribution < -0.4 is 4.74 Å². The Morgan fingerprint density at radius 2 is 1.13 bits per heavy atom. The van der Waals surface area contributed by atoms with E-state index in [1.54, 1.807) is 0 Å². The Kier molecular flexibility index (Phi) is 13.8. The van der Waals surface area contributed by atoms with Gasteiger partial charge < -0.3 is 9.47 Å². The van der Waals surface area contributed by atoms with Crippen LogP contribution in [0.2, 0.25) is 0 Å². The van der Waals surface area contributed by atoms with E-state index >= 15 is 0 Å². The fourth-order valence-corrected chi connectivity index (χ4v) is 8.77. The highest BCUT2D eigenvalue weighted by Crippen LogP contribution is 2.41. The van der Waals surface area contributed by atoms with Crippen LogP contribution in [0.1, 0.15) is 182 Å². The highest BCUT2D eigenvalue weighted by Gasteiger charge is 2.43. The maximum absolute atomic E-state index is 13.7. The van der Waals surface area contributed by atoms with Gasteiger partial charge in [0.25, 0.3) is 0 Å². The molecule has 4 heteroatoms. The fraction of sp³-hybridized carbons (Fsp3) is 0.674. The van der Waals surface area contributed by atoms with Gasteiger partial charge in [-0.2, -0.15) is 0 Å². The maximum atomic E-state index is 13.7. The molecule has 3 saturated carbocycles. The summed E-state index contributed by atoms with van der Waals surface area (Å²) in [5.74, 6) is 2.97. The SMILES string of the molecule is CCCCCC1CCC(c2ccc(OC(=O)C3(COC(=O)c4ccc(C5CCC(CCCCC)CC5)cc4)CCCCC3)cc2)CC1. The minimum absolute atomic E-state index is 0.0774. The lowest BCUT2D eigenvalue weighted by Gasteiger charge is -2.34. The molecule has 0 radical (unpaired) electrons. The third kappa shape index (κ3) is 10.2. The predicted molar refractivity (Wildman–Crippen MR) is 192 cm³/mol.